The first-order chi connectivity index (χ1) is 9.59. The van der Waals surface area contributed by atoms with Crippen LogP contribution in [0.4, 0.5) is 0 Å². The van der Waals surface area contributed by atoms with Gasteiger partial charge in [-0.1, -0.05) is 26.2 Å². The molecule has 2 aliphatic rings. The van der Waals surface area contributed by atoms with Crippen molar-refractivity contribution in [2.24, 2.45) is 17.6 Å². The minimum atomic E-state index is 0.335. The monoisotopic (exact) mass is 281 g/mol. The van der Waals surface area contributed by atoms with Crippen LogP contribution in [0.25, 0.3) is 0 Å². The van der Waals surface area contributed by atoms with E-state index in [1.807, 2.05) is 0 Å². The second-order valence-corrected chi connectivity index (χ2v) is 7.49. The molecule has 0 aromatic rings. The number of hydrogen-bond donors (Lipinski definition) is 1. The van der Waals surface area contributed by atoms with Crippen molar-refractivity contribution < 1.29 is 0 Å². The van der Waals surface area contributed by atoms with Crippen molar-refractivity contribution in [2.45, 2.75) is 57.4 Å². The van der Waals surface area contributed by atoms with Crippen molar-refractivity contribution in [3.05, 3.63) is 0 Å². The summed E-state index contributed by atoms with van der Waals surface area (Å²) in [5.74, 6) is 1.80. The van der Waals surface area contributed by atoms with Crippen LogP contribution >= 0.6 is 0 Å². The van der Waals surface area contributed by atoms with Gasteiger partial charge in [0.15, 0.2) is 0 Å². The summed E-state index contributed by atoms with van der Waals surface area (Å²) in [6.45, 7) is 7.00. The Morgan fingerprint density at radius 1 is 1.15 bits per heavy atom. The molecule has 20 heavy (non-hydrogen) atoms. The molecular formula is C17H35N3. The molecule has 0 radical (unpaired) electrons. The van der Waals surface area contributed by atoms with Gasteiger partial charge in [-0.25, -0.2) is 0 Å². The lowest BCUT2D eigenvalue weighted by atomic mass is 9.72. The minimum Gasteiger partial charge on any atom is -0.329 e. The second kappa shape index (κ2) is 7.24. The van der Waals surface area contributed by atoms with Crippen LogP contribution in [0.15, 0.2) is 0 Å². The van der Waals surface area contributed by atoms with E-state index in [0.717, 1.165) is 18.4 Å². The van der Waals surface area contributed by atoms with E-state index in [2.05, 4.69) is 30.8 Å². The standard InChI is InChI=1S/C17H35N3/c1-4-15-6-5-9-17(12-15,14-18)20-10-7-16(8-11-20)13-19(2)3/h15-16H,4-14,18H2,1-3H3. The molecule has 2 unspecified atom stereocenters. The first kappa shape index (κ1) is 16.3. The van der Waals surface area contributed by atoms with E-state index in [4.69, 9.17) is 5.73 Å². The van der Waals surface area contributed by atoms with Gasteiger partial charge in [-0.3, -0.25) is 4.90 Å². The van der Waals surface area contributed by atoms with Crippen LogP contribution in [0, 0.1) is 11.8 Å². The third kappa shape index (κ3) is 3.75. The summed E-state index contributed by atoms with van der Waals surface area (Å²) in [7, 11) is 4.39. The highest BCUT2D eigenvalue weighted by atomic mass is 15.2. The fraction of sp³-hybridized carbons (Fsp3) is 1.00. The minimum absolute atomic E-state index is 0.335. The number of nitrogens with two attached hydrogens (primary N) is 1. The predicted octanol–water partition coefficient (Wildman–Crippen LogP) is 2.56. The third-order valence-electron chi connectivity index (χ3n) is 5.79. The van der Waals surface area contributed by atoms with Gasteiger partial charge in [-0.2, -0.15) is 0 Å². The Bertz CT molecular complexity index is 284. The van der Waals surface area contributed by atoms with Crippen molar-refractivity contribution in [2.75, 3.05) is 40.3 Å². The normalized spacial score (nSPS) is 33.8. The van der Waals surface area contributed by atoms with Gasteiger partial charge in [0.2, 0.25) is 0 Å². The lowest BCUT2D eigenvalue weighted by Crippen LogP contribution is -2.58. The zero-order valence-electron chi connectivity index (χ0n) is 13.9. The predicted molar refractivity (Wildman–Crippen MR) is 86.9 cm³/mol. The van der Waals surface area contributed by atoms with Gasteiger partial charge in [0.1, 0.15) is 0 Å². The van der Waals surface area contributed by atoms with E-state index >= 15 is 0 Å². The summed E-state index contributed by atoms with van der Waals surface area (Å²) in [6, 6.07) is 0. The van der Waals surface area contributed by atoms with E-state index < -0.39 is 0 Å². The van der Waals surface area contributed by atoms with Crippen molar-refractivity contribution in [1.29, 1.82) is 0 Å². The van der Waals surface area contributed by atoms with E-state index in [0.29, 0.717) is 5.54 Å². The quantitative estimate of drug-likeness (QED) is 0.840. The summed E-state index contributed by atoms with van der Waals surface area (Å²) >= 11 is 0. The van der Waals surface area contributed by atoms with E-state index in [1.165, 1.54) is 64.6 Å². The molecule has 1 heterocycles. The van der Waals surface area contributed by atoms with Gasteiger partial charge in [-0.15, -0.1) is 0 Å². The summed E-state index contributed by atoms with van der Waals surface area (Å²) in [5, 5.41) is 0. The number of nitrogens with zero attached hydrogens (tertiary/aromatic N) is 2. The van der Waals surface area contributed by atoms with Crippen LogP contribution in [-0.4, -0.2) is 55.6 Å². The Morgan fingerprint density at radius 3 is 2.40 bits per heavy atom. The third-order valence-corrected chi connectivity index (χ3v) is 5.79. The number of hydrogen-bond acceptors (Lipinski definition) is 3. The Hall–Kier alpha value is -0.120. The van der Waals surface area contributed by atoms with Crippen LogP contribution < -0.4 is 5.73 Å². The van der Waals surface area contributed by atoms with Gasteiger partial charge in [0, 0.05) is 18.6 Å². The highest BCUT2D eigenvalue weighted by Crippen LogP contribution is 2.39. The molecule has 0 aromatic heterocycles. The van der Waals surface area contributed by atoms with E-state index in [-0.39, 0.29) is 0 Å². The lowest BCUT2D eigenvalue weighted by Gasteiger charge is -2.50. The molecule has 0 bridgehead atoms. The summed E-state index contributed by atoms with van der Waals surface area (Å²) in [4.78, 5) is 5.10. The van der Waals surface area contributed by atoms with Crippen molar-refractivity contribution in [3.8, 4) is 0 Å². The molecular weight excluding hydrogens is 246 g/mol. The van der Waals surface area contributed by atoms with Gasteiger partial charge in [-0.05, 0) is 64.7 Å². The fourth-order valence-electron chi connectivity index (χ4n) is 4.52. The molecule has 2 atom stereocenters. The first-order valence-electron chi connectivity index (χ1n) is 8.69. The van der Waals surface area contributed by atoms with Crippen LogP contribution in [0.5, 0.6) is 0 Å². The first-order valence-corrected chi connectivity index (χ1v) is 8.69. The molecule has 0 amide bonds. The maximum atomic E-state index is 6.25. The van der Waals surface area contributed by atoms with Crippen LogP contribution in [0.2, 0.25) is 0 Å². The van der Waals surface area contributed by atoms with Crippen LogP contribution in [0.3, 0.4) is 0 Å². The second-order valence-electron chi connectivity index (χ2n) is 7.49. The van der Waals surface area contributed by atoms with Crippen molar-refractivity contribution >= 4 is 0 Å². The molecule has 3 nitrogen and oxygen atoms in total. The van der Waals surface area contributed by atoms with E-state index in [9.17, 15) is 0 Å². The lowest BCUT2D eigenvalue weighted by molar-refractivity contribution is 0.00684. The maximum Gasteiger partial charge on any atom is 0.0334 e. The molecule has 1 aliphatic heterocycles. The molecule has 1 aliphatic carbocycles. The maximum absolute atomic E-state index is 6.25. The molecule has 1 saturated heterocycles. The molecule has 1 saturated carbocycles. The SMILES string of the molecule is CCC1CCCC(CN)(N2CCC(CN(C)C)CC2)C1. The van der Waals surface area contributed by atoms with Gasteiger partial charge in [0.05, 0.1) is 0 Å². The molecule has 3 heteroatoms. The molecule has 0 aromatic carbocycles. The smallest absolute Gasteiger partial charge is 0.0334 e. The zero-order chi connectivity index (χ0) is 14.6. The Kier molecular flexibility index (Phi) is 5.88. The topological polar surface area (TPSA) is 32.5 Å². The number of rotatable bonds is 5. The average molecular weight is 281 g/mol. The van der Waals surface area contributed by atoms with Crippen LogP contribution in [-0.2, 0) is 0 Å². The summed E-state index contributed by atoms with van der Waals surface area (Å²) < 4.78 is 0. The largest absolute Gasteiger partial charge is 0.329 e. The molecule has 118 valence electrons. The van der Waals surface area contributed by atoms with Gasteiger partial charge in [0.25, 0.3) is 0 Å². The van der Waals surface area contributed by atoms with Crippen LogP contribution in [0.1, 0.15) is 51.9 Å². The zero-order valence-corrected chi connectivity index (χ0v) is 13.9. The number of likely N-dealkylation sites (tertiary alicyclic amines) is 1. The Balaban J connectivity index is 1.92. The van der Waals surface area contributed by atoms with Crippen molar-refractivity contribution in [3.63, 3.8) is 0 Å². The number of piperidine rings is 1. The van der Waals surface area contributed by atoms with Crippen molar-refractivity contribution in [1.82, 2.24) is 9.80 Å². The molecule has 0 spiro atoms. The summed E-state index contributed by atoms with van der Waals surface area (Å²) in [5.41, 5.74) is 6.59. The van der Waals surface area contributed by atoms with Gasteiger partial charge < -0.3 is 10.6 Å². The average Bonchev–Trinajstić information content (AvgIpc) is 2.47. The summed E-state index contributed by atoms with van der Waals surface area (Å²) in [6.07, 6.45) is 9.53. The molecule has 2 N–H and O–H groups in total. The fourth-order valence-corrected chi connectivity index (χ4v) is 4.52. The highest BCUT2D eigenvalue weighted by molar-refractivity contribution is 4.98. The molecule has 2 fully saturated rings. The Morgan fingerprint density at radius 2 is 1.85 bits per heavy atom. The van der Waals surface area contributed by atoms with Gasteiger partial charge >= 0.3 is 0 Å². The van der Waals surface area contributed by atoms with E-state index in [1.54, 1.807) is 0 Å². The molecule has 2 rings (SSSR count). The highest BCUT2D eigenvalue weighted by Gasteiger charge is 2.40. The Labute approximate surface area is 125 Å².